The van der Waals surface area contributed by atoms with Gasteiger partial charge in [0.05, 0.1) is 47.1 Å². The van der Waals surface area contributed by atoms with Crippen LogP contribution >= 0.6 is 0 Å². The molecule has 0 aliphatic rings. The van der Waals surface area contributed by atoms with E-state index in [1.165, 1.54) is 55.5 Å². The van der Waals surface area contributed by atoms with Gasteiger partial charge in [-0.25, -0.2) is 28.8 Å². The zero-order valence-corrected chi connectivity index (χ0v) is 59.7. The van der Waals surface area contributed by atoms with Gasteiger partial charge in [-0.05, 0) is 222 Å². The maximum Gasteiger partial charge on any atom is 0.343 e. The van der Waals surface area contributed by atoms with Gasteiger partial charge in [0.2, 0.25) is 0 Å². The van der Waals surface area contributed by atoms with Crippen molar-refractivity contribution in [2.45, 2.75) is 64.7 Å². The summed E-state index contributed by atoms with van der Waals surface area (Å²) in [4.78, 5) is 104. The molecule has 0 saturated carbocycles. The molecular formula is C92H74O16. The Labute approximate surface area is 625 Å². The highest BCUT2D eigenvalue weighted by molar-refractivity contribution is 5.99. The number of carbonyl (C=O) groups is 8. The Balaban J connectivity index is 0.532. The molecule has 0 aromatic heterocycles. The van der Waals surface area contributed by atoms with Crippen LogP contribution in [0.4, 0.5) is 0 Å². The van der Waals surface area contributed by atoms with Crippen molar-refractivity contribution in [2.75, 3.05) is 13.7 Å². The number of esters is 6. The number of methoxy groups -OCH3 is 1. The number of benzene rings is 12. The normalized spacial score (nSPS) is 11.0. The molecule has 12 aromatic carbocycles. The molecule has 538 valence electrons. The third kappa shape index (κ3) is 19.4. The smallest absolute Gasteiger partial charge is 0.343 e. The first-order chi connectivity index (χ1) is 52.4. The maximum atomic E-state index is 13.5. The second kappa shape index (κ2) is 34.8. The molecule has 12 aromatic rings. The second-order valence-electron chi connectivity index (χ2n) is 26.1. The van der Waals surface area contributed by atoms with Crippen LogP contribution in [0.2, 0.25) is 0 Å². The van der Waals surface area contributed by atoms with Crippen LogP contribution in [0.1, 0.15) is 167 Å². The Hall–Kier alpha value is -13.6. The van der Waals surface area contributed by atoms with Crippen LogP contribution in [-0.4, -0.2) is 61.1 Å². The first-order valence-electron chi connectivity index (χ1n) is 35.0. The van der Waals surface area contributed by atoms with Gasteiger partial charge in [-0.1, -0.05) is 153 Å². The van der Waals surface area contributed by atoms with Crippen LogP contribution in [-0.2, 0) is 24.7 Å². The van der Waals surface area contributed by atoms with Gasteiger partial charge >= 0.3 is 35.8 Å². The molecule has 0 radical (unpaired) electrons. The Morgan fingerprint density at radius 1 is 0.287 bits per heavy atom. The zero-order chi connectivity index (χ0) is 75.5. The van der Waals surface area contributed by atoms with Crippen molar-refractivity contribution in [1.29, 1.82) is 0 Å². The van der Waals surface area contributed by atoms with Crippen molar-refractivity contribution in [1.82, 2.24) is 0 Å². The number of hydrogen-bond donors (Lipinski definition) is 0. The predicted octanol–water partition coefficient (Wildman–Crippen LogP) is 18.7. The van der Waals surface area contributed by atoms with Crippen LogP contribution < -0.4 is 37.9 Å². The van der Waals surface area contributed by atoms with Gasteiger partial charge in [0, 0.05) is 35.8 Å². The Morgan fingerprint density at radius 2 is 0.583 bits per heavy atom. The largest absolute Gasteiger partial charge is 0.497 e. The van der Waals surface area contributed by atoms with E-state index in [0.29, 0.717) is 107 Å². The molecule has 16 heteroatoms. The molecule has 0 heterocycles. The predicted molar refractivity (Wildman–Crippen MR) is 408 cm³/mol. The van der Waals surface area contributed by atoms with E-state index in [4.69, 9.17) is 37.9 Å². The summed E-state index contributed by atoms with van der Waals surface area (Å²) < 4.78 is 45.8. The standard InChI is InChI=1S/C92H74O16/c1-60(93)64-26-30-69(31-27-64)89(98)107-84-18-9-6-14-73(84)59-74-15-7-10-19-85(74)108-91(100)71-40-38-70(39-41-71)90(99)106-83-17-8-5-13-72(83)58-63-20-46-78(47-21-63)102-56-12-11-16-82(94)65-28-32-66(33-29-65)86(95)103-79-48-22-61(23-49-79)57-62-24-50-80(51-25-62)104-87(96)67-34-36-68(37-35-67)88(97)105-81-54-44-76(45-55-81)92(2,3)75-42-52-77(101-4)53-43-75/h5-10,13-15,17-55H,11-12,16,56-59H2,1-4H3. The lowest BCUT2D eigenvalue weighted by molar-refractivity contribution is 0.0719. The van der Waals surface area contributed by atoms with Crippen molar-refractivity contribution in [3.8, 4) is 46.0 Å². The number of hydrogen-bond acceptors (Lipinski definition) is 16. The molecular weight excluding hydrogens is 1360 g/mol. The Morgan fingerprint density at radius 3 is 0.944 bits per heavy atom. The number of Topliss-reactive ketones (excluding diaryl/α,β-unsaturated/α-hetero) is 2. The van der Waals surface area contributed by atoms with Crippen molar-refractivity contribution >= 4 is 47.4 Å². The first kappa shape index (κ1) is 74.1. The summed E-state index contributed by atoms with van der Waals surface area (Å²) in [5.41, 5.74) is 9.37. The molecule has 0 bridgehead atoms. The molecule has 0 aliphatic heterocycles. The van der Waals surface area contributed by atoms with Crippen LogP contribution in [0.3, 0.4) is 0 Å². The second-order valence-corrected chi connectivity index (χ2v) is 26.1. The number of ketones is 2. The number of para-hydroxylation sites is 3. The van der Waals surface area contributed by atoms with Crippen LogP contribution in [0.15, 0.2) is 291 Å². The molecule has 0 N–H and O–H groups in total. The van der Waals surface area contributed by atoms with Gasteiger partial charge in [-0.3, -0.25) is 9.59 Å². The lowest BCUT2D eigenvalue weighted by Gasteiger charge is -2.26. The summed E-state index contributed by atoms with van der Waals surface area (Å²) in [5.74, 6) is -0.140. The Bertz CT molecular complexity index is 5200. The molecule has 0 aliphatic carbocycles. The van der Waals surface area contributed by atoms with Crippen molar-refractivity contribution in [3.63, 3.8) is 0 Å². The van der Waals surface area contributed by atoms with Crippen molar-refractivity contribution < 1.29 is 76.3 Å². The summed E-state index contributed by atoms with van der Waals surface area (Å²) in [7, 11) is 1.64. The first-order valence-corrected chi connectivity index (χ1v) is 35.0. The highest BCUT2D eigenvalue weighted by atomic mass is 16.6. The topological polar surface area (TPSA) is 210 Å². The van der Waals surface area contributed by atoms with Crippen molar-refractivity contribution in [2.24, 2.45) is 0 Å². The summed E-state index contributed by atoms with van der Waals surface area (Å²) in [6.07, 6.45) is 2.81. The molecule has 0 saturated heterocycles. The monoisotopic (exact) mass is 1430 g/mol. The summed E-state index contributed by atoms with van der Waals surface area (Å²) in [5, 5.41) is 0. The van der Waals surface area contributed by atoms with E-state index in [-0.39, 0.29) is 51.2 Å². The number of carbonyl (C=O) groups excluding carboxylic acids is 8. The molecule has 0 spiro atoms. The van der Waals surface area contributed by atoms with Gasteiger partial charge in [0.1, 0.15) is 46.0 Å². The molecule has 12 rings (SSSR count). The highest BCUT2D eigenvalue weighted by Crippen LogP contribution is 2.35. The average Bonchev–Trinajstić information content (AvgIpc) is 0.802. The molecule has 0 amide bonds. The molecule has 108 heavy (non-hydrogen) atoms. The molecule has 0 atom stereocenters. The minimum atomic E-state index is -0.642. The van der Waals surface area contributed by atoms with Crippen LogP contribution in [0.5, 0.6) is 46.0 Å². The van der Waals surface area contributed by atoms with Gasteiger partial charge in [-0.15, -0.1) is 0 Å². The number of ether oxygens (including phenoxy) is 8. The summed E-state index contributed by atoms with van der Waals surface area (Å²) in [6.45, 7) is 6.09. The van der Waals surface area contributed by atoms with Crippen LogP contribution in [0, 0.1) is 0 Å². The fourth-order valence-corrected chi connectivity index (χ4v) is 11.9. The van der Waals surface area contributed by atoms with Gasteiger partial charge in [0.25, 0.3) is 0 Å². The third-order valence-electron chi connectivity index (χ3n) is 18.2. The van der Waals surface area contributed by atoms with E-state index in [9.17, 15) is 38.4 Å². The Kier molecular flexibility index (Phi) is 23.9. The van der Waals surface area contributed by atoms with Crippen LogP contribution in [0.25, 0.3) is 0 Å². The zero-order valence-electron chi connectivity index (χ0n) is 59.7. The van der Waals surface area contributed by atoms with Gasteiger partial charge in [-0.2, -0.15) is 0 Å². The fourth-order valence-electron chi connectivity index (χ4n) is 11.9. The molecule has 0 fully saturated rings. The minimum Gasteiger partial charge on any atom is -0.497 e. The molecule has 0 unspecified atom stereocenters. The lowest BCUT2D eigenvalue weighted by atomic mass is 9.78. The fraction of sp³-hybridized carbons (Fsp3) is 0.130. The van der Waals surface area contributed by atoms with E-state index in [1.54, 1.807) is 128 Å². The van der Waals surface area contributed by atoms with Crippen molar-refractivity contribution in [3.05, 3.63) is 380 Å². The lowest BCUT2D eigenvalue weighted by Crippen LogP contribution is -2.18. The van der Waals surface area contributed by atoms with E-state index >= 15 is 0 Å². The van der Waals surface area contributed by atoms with E-state index in [2.05, 4.69) is 13.8 Å². The quantitative estimate of drug-likeness (QED) is 0.0185. The number of unbranched alkanes of at least 4 members (excludes halogenated alkanes) is 1. The summed E-state index contributed by atoms with van der Waals surface area (Å²) >= 11 is 0. The van der Waals surface area contributed by atoms with E-state index < -0.39 is 35.8 Å². The van der Waals surface area contributed by atoms with E-state index in [0.717, 1.165) is 39.1 Å². The van der Waals surface area contributed by atoms with E-state index in [1.807, 2.05) is 121 Å². The number of rotatable bonds is 29. The summed E-state index contributed by atoms with van der Waals surface area (Å²) in [6, 6.07) is 83.3. The maximum absolute atomic E-state index is 13.5. The highest BCUT2D eigenvalue weighted by Gasteiger charge is 2.25. The minimum absolute atomic E-state index is 0.0585. The third-order valence-corrected chi connectivity index (χ3v) is 18.2. The van der Waals surface area contributed by atoms with Gasteiger partial charge in [0.15, 0.2) is 11.6 Å². The SMILES string of the molecule is COc1ccc(C(C)(C)c2ccc(OC(=O)c3ccc(C(=O)Oc4ccc(Cc5ccc(OC(=O)c6ccc(C(=O)CCCCOc7ccc(Cc8ccccc8OC(=O)c8ccc(C(=O)Oc9ccccc9Cc9ccccc9OC(=O)c9ccc(C(C)=O)cc9)cc8)cc7)cc6)cc5)cc4)cc3)cc2)cc1. The molecule has 16 nitrogen and oxygen atoms in total. The van der Waals surface area contributed by atoms with Gasteiger partial charge < -0.3 is 37.9 Å². The average molecular weight is 1440 g/mol.